The van der Waals surface area contributed by atoms with E-state index < -0.39 is 0 Å². The van der Waals surface area contributed by atoms with Crippen LogP contribution < -0.4 is 5.56 Å². The second-order valence-corrected chi connectivity index (χ2v) is 5.99. The number of aromatic nitrogens is 5. The van der Waals surface area contributed by atoms with E-state index in [0.717, 1.165) is 28.9 Å². The second kappa shape index (κ2) is 6.61. The summed E-state index contributed by atoms with van der Waals surface area (Å²) in [4.78, 5) is 17.4. The van der Waals surface area contributed by atoms with Gasteiger partial charge in [0.25, 0.3) is 5.56 Å². The maximum atomic E-state index is 12.7. The highest BCUT2D eigenvalue weighted by Gasteiger charge is 2.17. The summed E-state index contributed by atoms with van der Waals surface area (Å²) in [7, 11) is 1.63. The third kappa shape index (κ3) is 2.72. The molecule has 0 unspecified atom stereocenters. The number of hydrogen-bond acceptors (Lipinski definition) is 4. The molecule has 0 aliphatic rings. The summed E-state index contributed by atoms with van der Waals surface area (Å²) in [5.74, 6) is 0. The first kappa shape index (κ1) is 16.3. The highest BCUT2D eigenvalue weighted by molar-refractivity contribution is 5.81. The molecule has 0 aliphatic carbocycles. The van der Waals surface area contributed by atoms with Crippen molar-refractivity contribution in [2.45, 2.75) is 20.1 Å². The summed E-state index contributed by atoms with van der Waals surface area (Å²) >= 11 is 0. The Morgan fingerprint density at radius 1 is 1.19 bits per heavy atom. The number of methoxy groups -OCH3 is 1. The van der Waals surface area contributed by atoms with Crippen LogP contribution in [-0.4, -0.2) is 31.5 Å². The molecule has 0 saturated heterocycles. The molecule has 0 aliphatic heterocycles. The monoisotopic (exact) mass is 349 g/mol. The Morgan fingerprint density at radius 2 is 2.00 bits per heavy atom. The molecule has 4 rings (SSSR count). The molecule has 4 aromatic rings. The molecular weight excluding hydrogens is 330 g/mol. The van der Waals surface area contributed by atoms with E-state index in [-0.39, 0.29) is 5.56 Å². The Kier molecular flexibility index (Phi) is 4.14. The van der Waals surface area contributed by atoms with E-state index in [2.05, 4.69) is 10.2 Å². The summed E-state index contributed by atoms with van der Waals surface area (Å²) in [5.41, 5.74) is 4.49. The molecule has 7 heteroatoms. The summed E-state index contributed by atoms with van der Waals surface area (Å²) in [6.45, 7) is 3.13. The Balaban J connectivity index is 1.98. The van der Waals surface area contributed by atoms with E-state index in [9.17, 15) is 4.79 Å². The normalized spacial score (nSPS) is 11.3. The number of benzene rings is 1. The number of hydrogen-bond donors (Lipinski definition) is 1. The Labute approximate surface area is 149 Å². The molecule has 1 aromatic carbocycles. The molecular formula is C19H19N5O2. The van der Waals surface area contributed by atoms with Crippen LogP contribution in [0.2, 0.25) is 0 Å². The fourth-order valence-electron chi connectivity index (χ4n) is 3.06. The maximum absolute atomic E-state index is 12.7. The van der Waals surface area contributed by atoms with Crippen LogP contribution in [0.4, 0.5) is 0 Å². The number of ether oxygens (including phenoxy) is 1. The van der Waals surface area contributed by atoms with Crippen LogP contribution in [0.5, 0.6) is 0 Å². The van der Waals surface area contributed by atoms with Crippen molar-refractivity contribution < 1.29 is 4.74 Å². The van der Waals surface area contributed by atoms with Crippen molar-refractivity contribution in [3.63, 3.8) is 0 Å². The van der Waals surface area contributed by atoms with Crippen molar-refractivity contribution in [1.29, 1.82) is 0 Å². The molecule has 0 amide bonds. The van der Waals surface area contributed by atoms with Gasteiger partial charge in [0.2, 0.25) is 0 Å². The molecule has 0 atom stereocenters. The molecule has 3 aromatic heterocycles. The fourth-order valence-corrected chi connectivity index (χ4v) is 3.06. The standard InChI is InChI=1S/C19H19N5O2/c1-3-23-11-14(10-20-23)15-9-17(25)24-19(21-15)18(16(22-24)12-26-2)13-7-5-4-6-8-13/h4-11,22H,3,12H2,1-2H3. The van der Waals surface area contributed by atoms with Crippen molar-refractivity contribution in [2.75, 3.05) is 7.11 Å². The number of nitrogens with zero attached hydrogens (tertiary/aromatic N) is 4. The van der Waals surface area contributed by atoms with Gasteiger partial charge in [-0.05, 0) is 12.5 Å². The minimum atomic E-state index is -0.172. The summed E-state index contributed by atoms with van der Waals surface area (Å²) < 4.78 is 8.58. The predicted molar refractivity (Wildman–Crippen MR) is 98.9 cm³/mol. The van der Waals surface area contributed by atoms with Crippen molar-refractivity contribution in [3.8, 4) is 22.4 Å². The number of aryl methyl sites for hydroxylation is 1. The number of H-pyrrole nitrogens is 1. The Bertz CT molecular complexity index is 1110. The van der Waals surface area contributed by atoms with Gasteiger partial charge in [0, 0.05) is 37.0 Å². The fraction of sp³-hybridized carbons (Fsp3) is 0.211. The van der Waals surface area contributed by atoms with Gasteiger partial charge in [-0.25, -0.2) is 9.50 Å². The zero-order valence-electron chi connectivity index (χ0n) is 14.6. The SMILES string of the molecule is CCn1cc(-c2cc(=O)n3[nH]c(COC)c(-c4ccccc4)c3n2)cn1. The summed E-state index contributed by atoms with van der Waals surface area (Å²) in [6.07, 6.45) is 3.62. The molecule has 3 heterocycles. The van der Waals surface area contributed by atoms with Gasteiger partial charge in [0.15, 0.2) is 5.65 Å². The Morgan fingerprint density at radius 3 is 2.69 bits per heavy atom. The lowest BCUT2D eigenvalue weighted by atomic mass is 10.1. The number of aromatic amines is 1. The van der Waals surface area contributed by atoms with E-state index in [4.69, 9.17) is 9.72 Å². The minimum absolute atomic E-state index is 0.172. The molecule has 0 radical (unpaired) electrons. The topological polar surface area (TPSA) is 77.2 Å². The molecule has 7 nitrogen and oxygen atoms in total. The van der Waals surface area contributed by atoms with E-state index in [1.807, 2.05) is 48.1 Å². The van der Waals surface area contributed by atoms with Crippen LogP contribution in [0, 0.1) is 0 Å². The van der Waals surface area contributed by atoms with Crippen LogP contribution in [0.3, 0.4) is 0 Å². The van der Waals surface area contributed by atoms with Gasteiger partial charge in [-0.1, -0.05) is 30.3 Å². The van der Waals surface area contributed by atoms with Crippen molar-refractivity contribution in [1.82, 2.24) is 24.4 Å². The quantitative estimate of drug-likeness (QED) is 0.601. The summed E-state index contributed by atoms with van der Waals surface area (Å²) in [5, 5.41) is 7.40. The largest absolute Gasteiger partial charge is 0.378 e. The second-order valence-electron chi connectivity index (χ2n) is 5.99. The lowest BCUT2D eigenvalue weighted by Gasteiger charge is -2.03. The van der Waals surface area contributed by atoms with Gasteiger partial charge >= 0.3 is 0 Å². The molecule has 0 bridgehead atoms. The van der Waals surface area contributed by atoms with Gasteiger partial charge in [0.05, 0.1) is 24.2 Å². The van der Waals surface area contributed by atoms with Crippen molar-refractivity contribution in [3.05, 3.63) is 64.8 Å². The van der Waals surface area contributed by atoms with Gasteiger partial charge in [0.1, 0.15) is 0 Å². The highest BCUT2D eigenvalue weighted by atomic mass is 16.5. The van der Waals surface area contributed by atoms with Gasteiger partial charge in [-0.3, -0.25) is 14.6 Å². The number of fused-ring (bicyclic) bond motifs is 1. The lowest BCUT2D eigenvalue weighted by Crippen LogP contribution is -2.14. The first-order valence-electron chi connectivity index (χ1n) is 8.43. The van der Waals surface area contributed by atoms with Crippen LogP contribution in [0.15, 0.2) is 53.6 Å². The predicted octanol–water partition coefficient (Wildman–Crippen LogP) is 2.72. The van der Waals surface area contributed by atoms with E-state index >= 15 is 0 Å². The first-order valence-corrected chi connectivity index (χ1v) is 8.43. The Hall–Kier alpha value is -3.19. The zero-order chi connectivity index (χ0) is 18.1. The van der Waals surface area contributed by atoms with Gasteiger partial charge < -0.3 is 4.74 Å². The van der Waals surface area contributed by atoms with E-state index in [0.29, 0.717) is 17.9 Å². The molecule has 26 heavy (non-hydrogen) atoms. The maximum Gasteiger partial charge on any atom is 0.273 e. The average Bonchev–Trinajstić information content (AvgIpc) is 3.27. The van der Waals surface area contributed by atoms with Gasteiger partial charge in [-0.15, -0.1) is 0 Å². The van der Waals surface area contributed by atoms with Crippen LogP contribution in [0.25, 0.3) is 28.0 Å². The smallest absolute Gasteiger partial charge is 0.273 e. The highest BCUT2D eigenvalue weighted by Crippen LogP contribution is 2.28. The summed E-state index contributed by atoms with van der Waals surface area (Å²) in [6, 6.07) is 11.4. The average molecular weight is 349 g/mol. The zero-order valence-corrected chi connectivity index (χ0v) is 14.6. The number of rotatable bonds is 5. The van der Waals surface area contributed by atoms with Gasteiger partial charge in [-0.2, -0.15) is 5.10 Å². The first-order chi connectivity index (χ1) is 12.7. The number of nitrogens with one attached hydrogen (secondary N) is 1. The minimum Gasteiger partial charge on any atom is -0.378 e. The van der Waals surface area contributed by atoms with E-state index in [1.165, 1.54) is 10.6 Å². The van der Waals surface area contributed by atoms with Crippen molar-refractivity contribution in [2.24, 2.45) is 0 Å². The molecule has 0 fully saturated rings. The molecule has 1 N–H and O–H groups in total. The van der Waals surface area contributed by atoms with E-state index in [1.54, 1.807) is 13.3 Å². The molecule has 132 valence electrons. The molecule has 0 spiro atoms. The van der Waals surface area contributed by atoms with Crippen LogP contribution >= 0.6 is 0 Å². The van der Waals surface area contributed by atoms with Crippen LogP contribution in [0.1, 0.15) is 12.6 Å². The third-order valence-electron chi connectivity index (χ3n) is 4.30. The van der Waals surface area contributed by atoms with Crippen molar-refractivity contribution >= 4 is 5.65 Å². The molecule has 0 saturated carbocycles. The van der Waals surface area contributed by atoms with Crippen LogP contribution in [-0.2, 0) is 17.9 Å². The lowest BCUT2D eigenvalue weighted by molar-refractivity contribution is 0.181. The third-order valence-corrected chi connectivity index (χ3v) is 4.30.